The Morgan fingerprint density at radius 3 is 2.11 bits per heavy atom. The Morgan fingerprint density at radius 2 is 2.00 bits per heavy atom. The second kappa shape index (κ2) is 3.28. The first-order chi connectivity index (χ1) is 4.04. The zero-order valence-corrected chi connectivity index (χ0v) is 6.14. The van der Waals surface area contributed by atoms with Crippen LogP contribution in [-0.4, -0.2) is 5.78 Å². The lowest BCUT2D eigenvalue weighted by atomic mass is 10.1. The van der Waals surface area contributed by atoms with Crippen LogP contribution in [0.5, 0.6) is 0 Å². The number of nitrogens with two attached hydrogens (primary N) is 1. The van der Waals surface area contributed by atoms with Gasteiger partial charge in [0.1, 0.15) is 0 Å². The fourth-order valence-corrected chi connectivity index (χ4v) is 0.391. The standard InChI is InChI=1S/C7H13NO/c1-5(2)7(9)4-6(3)8/h4-5H,8H2,1-3H3/b6-4+. The summed E-state index contributed by atoms with van der Waals surface area (Å²) in [6.07, 6.45) is 1.46. The molecular weight excluding hydrogens is 114 g/mol. The molecule has 0 amide bonds. The van der Waals surface area contributed by atoms with Gasteiger partial charge in [0.2, 0.25) is 0 Å². The van der Waals surface area contributed by atoms with Crippen molar-refractivity contribution in [2.24, 2.45) is 11.7 Å². The SMILES string of the molecule is C/C(N)=C\C(=O)C(C)C. The van der Waals surface area contributed by atoms with Gasteiger partial charge in [-0.3, -0.25) is 4.79 Å². The average Bonchev–Trinajstić information content (AvgIpc) is 1.63. The molecule has 0 saturated heterocycles. The van der Waals surface area contributed by atoms with Crippen molar-refractivity contribution in [2.75, 3.05) is 0 Å². The van der Waals surface area contributed by atoms with E-state index in [1.54, 1.807) is 6.92 Å². The van der Waals surface area contributed by atoms with Crippen molar-refractivity contribution in [3.63, 3.8) is 0 Å². The van der Waals surface area contributed by atoms with Gasteiger partial charge >= 0.3 is 0 Å². The van der Waals surface area contributed by atoms with E-state index in [1.807, 2.05) is 13.8 Å². The van der Waals surface area contributed by atoms with Crippen LogP contribution in [0.15, 0.2) is 11.8 Å². The summed E-state index contributed by atoms with van der Waals surface area (Å²) in [5, 5.41) is 0. The van der Waals surface area contributed by atoms with Crippen molar-refractivity contribution in [3.05, 3.63) is 11.8 Å². The zero-order chi connectivity index (χ0) is 7.44. The Bertz CT molecular complexity index is 132. The summed E-state index contributed by atoms with van der Waals surface area (Å²) in [7, 11) is 0. The van der Waals surface area contributed by atoms with Crippen molar-refractivity contribution in [1.29, 1.82) is 0 Å². The second-order valence-electron chi connectivity index (χ2n) is 2.45. The highest BCUT2D eigenvalue weighted by Gasteiger charge is 2.01. The van der Waals surface area contributed by atoms with Crippen molar-refractivity contribution in [1.82, 2.24) is 0 Å². The van der Waals surface area contributed by atoms with Crippen LogP contribution in [0.3, 0.4) is 0 Å². The molecule has 2 heteroatoms. The molecule has 0 atom stereocenters. The monoisotopic (exact) mass is 127 g/mol. The Morgan fingerprint density at radius 1 is 1.56 bits per heavy atom. The lowest BCUT2D eigenvalue weighted by molar-refractivity contribution is -0.117. The zero-order valence-electron chi connectivity index (χ0n) is 6.14. The predicted octanol–water partition coefficient (Wildman–Crippen LogP) is 1.07. The fraction of sp³-hybridized carbons (Fsp3) is 0.571. The normalized spacial score (nSPS) is 12.2. The quantitative estimate of drug-likeness (QED) is 0.564. The molecule has 0 radical (unpaired) electrons. The molecule has 0 aromatic heterocycles. The molecule has 2 N–H and O–H groups in total. The van der Waals surface area contributed by atoms with Gasteiger partial charge < -0.3 is 5.73 Å². The first-order valence-electron chi connectivity index (χ1n) is 3.01. The number of hydrogen-bond acceptors (Lipinski definition) is 2. The van der Waals surface area contributed by atoms with E-state index in [0.29, 0.717) is 5.70 Å². The second-order valence-corrected chi connectivity index (χ2v) is 2.45. The fourth-order valence-electron chi connectivity index (χ4n) is 0.391. The van der Waals surface area contributed by atoms with Gasteiger partial charge in [-0.25, -0.2) is 0 Å². The Balaban J connectivity index is 3.93. The molecular formula is C7H13NO. The Labute approximate surface area is 55.7 Å². The number of allylic oxidation sites excluding steroid dienone is 2. The largest absolute Gasteiger partial charge is 0.402 e. The smallest absolute Gasteiger partial charge is 0.159 e. The van der Waals surface area contributed by atoms with Gasteiger partial charge in [0.05, 0.1) is 0 Å². The van der Waals surface area contributed by atoms with Crippen LogP contribution < -0.4 is 5.73 Å². The van der Waals surface area contributed by atoms with E-state index in [-0.39, 0.29) is 11.7 Å². The highest BCUT2D eigenvalue weighted by atomic mass is 16.1. The van der Waals surface area contributed by atoms with Gasteiger partial charge in [-0.05, 0) is 13.0 Å². The van der Waals surface area contributed by atoms with Crippen molar-refractivity contribution < 1.29 is 4.79 Å². The topological polar surface area (TPSA) is 43.1 Å². The maximum absolute atomic E-state index is 10.8. The molecule has 0 spiro atoms. The molecule has 0 saturated carbocycles. The lowest BCUT2D eigenvalue weighted by Gasteiger charge is -1.96. The summed E-state index contributed by atoms with van der Waals surface area (Å²) in [6, 6.07) is 0. The minimum Gasteiger partial charge on any atom is -0.402 e. The van der Waals surface area contributed by atoms with Crippen LogP contribution in [0.1, 0.15) is 20.8 Å². The summed E-state index contributed by atoms with van der Waals surface area (Å²) in [6.45, 7) is 5.41. The maximum Gasteiger partial charge on any atom is 0.159 e. The van der Waals surface area contributed by atoms with Gasteiger partial charge in [0, 0.05) is 11.6 Å². The summed E-state index contributed by atoms with van der Waals surface area (Å²) < 4.78 is 0. The van der Waals surface area contributed by atoms with E-state index in [1.165, 1.54) is 6.08 Å². The minimum atomic E-state index is 0.0588. The summed E-state index contributed by atoms with van der Waals surface area (Å²) in [5.41, 5.74) is 5.85. The van der Waals surface area contributed by atoms with Crippen LogP contribution in [0.25, 0.3) is 0 Å². The number of carbonyl (C=O) groups excluding carboxylic acids is 1. The number of rotatable bonds is 2. The molecule has 0 bridgehead atoms. The maximum atomic E-state index is 10.8. The Kier molecular flexibility index (Phi) is 2.99. The van der Waals surface area contributed by atoms with Gasteiger partial charge in [-0.2, -0.15) is 0 Å². The summed E-state index contributed by atoms with van der Waals surface area (Å²) >= 11 is 0. The molecule has 9 heavy (non-hydrogen) atoms. The molecule has 0 fully saturated rings. The molecule has 52 valence electrons. The van der Waals surface area contributed by atoms with E-state index < -0.39 is 0 Å². The molecule has 2 nitrogen and oxygen atoms in total. The molecule has 0 aliphatic rings. The number of hydrogen-bond donors (Lipinski definition) is 1. The predicted molar refractivity (Wildman–Crippen MR) is 37.8 cm³/mol. The summed E-state index contributed by atoms with van der Waals surface area (Å²) in [4.78, 5) is 10.8. The van der Waals surface area contributed by atoms with Crippen LogP contribution >= 0.6 is 0 Å². The van der Waals surface area contributed by atoms with E-state index in [9.17, 15) is 4.79 Å². The van der Waals surface area contributed by atoms with E-state index >= 15 is 0 Å². The molecule has 0 aliphatic heterocycles. The van der Waals surface area contributed by atoms with Crippen LogP contribution in [0.2, 0.25) is 0 Å². The molecule has 0 unspecified atom stereocenters. The molecule has 0 aliphatic carbocycles. The van der Waals surface area contributed by atoms with Gasteiger partial charge in [-0.1, -0.05) is 13.8 Å². The van der Waals surface area contributed by atoms with Gasteiger partial charge in [0.25, 0.3) is 0 Å². The Hall–Kier alpha value is -0.790. The van der Waals surface area contributed by atoms with Gasteiger partial charge in [-0.15, -0.1) is 0 Å². The third kappa shape index (κ3) is 3.76. The number of carbonyl (C=O) groups is 1. The van der Waals surface area contributed by atoms with Crippen LogP contribution in [0, 0.1) is 5.92 Å². The van der Waals surface area contributed by atoms with E-state index in [0.717, 1.165) is 0 Å². The molecule has 0 aromatic carbocycles. The van der Waals surface area contributed by atoms with Crippen molar-refractivity contribution in [2.45, 2.75) is 20.8 Å². The molecule has 0 heterocycles. The van der Waals surface area contributed by atoms with Crippen LogP contribution in [0.4, 0.5) is 0 Å². The van der Waals surface area contributed by atoms with Crippen LogP contribution in [-0.2, 0) is 4.79 Å². The highest BCUT2D eigenvalue weighted by Crippen LogP contribution is 1.95. The third-order valence-electron chi connectivity index (χ3n) is 0.939. The first-order valence-corrected chi connectivity index (χ1v) is 3.01. The lowest BCUT2D eigenvalue weighted by Crippen LogP contribution is -2.05. The average molecular weight is 127 g/mol. The molecule has 0 aromatic rings. The van der Waals surface area contributed by atoms with E-state index in [4.69, 9.17) is 5.73 Å². The van der Waals surface area contributed by atoms with E-state index in [2.05, 4.69) is 0 Å². The van der Waals surface area contributed by atoms with Crippen molar-refractivity contribution >= 4 is 5.78 Å². The number of ketones is 1. The molecule has 0 rings (SSSR count). The van der Waals surface area contributed by atoms with Crippen molar-refractivity contribution in [3.8, 4) is 0 Å². The highest BCUT2D eigenvalue weighted by molar-refractivity contribution is 5.91. The minimum absolute atomic E-state index is 0.0588. The third-order valence-corrected chi connectivity index (χ3v) is 0.939. The first kappa shape index (κ1) is 8.21. The van der Waals surface area contributed by atoms with Gasteiger partial charge in [0.15, 0.2) is 5.78 Å². The summed E-state index contributed by atoms with van der Waals surface area (Å²) in [5.74, 6) is 0.151.